The van der Waals surface area contributed by atoms with E-state index in [1.165, 1.54) is 0 Å². The maximum absolute atomic E-state index is 13.7. The molecule has 5 heterocycles. The molecule has 0 aromatic carbocycles. The van der Waals surface area contributed by atoms with E-state index < -0.39 is 306 Å². The van der Waals surface area contributed by atoms with Crippen molar-refractivity contribution < 1.29 is 203 Å². The average molecular weight is 1470 g/mol. The molecule has 5 amide bonds. The monoisotopic (exact) mass is 1470 g/mol. The Hall–Kier alpha value is -6.34. The molecule has 0 radical (unpaired) electrons. The summed E-state index contributed by atoms with van der Waals surface area (Å²) >= 11 is 0. The van der Waals surface area contributed by atoms with Gasteiger partial charge in [0.2, 0.25) is 29.5 Å². The minimum atomic E-state index is -3.68. The van der Waals surface area contributed by atoms with Crippen molar-refractivity contribution in [1.82, 2.24) is 26.6 Å². The second kappa shape index (κ2) is 34.5. The van der Waals surface area contributed by atoms with Crippen LogP contribution in [0.2, 0.25) is 0 Å². The van der Waals surface area contributed by atoms with E-state index >= 15 is 0 Å². The summed E-state index contributed by atoms with van der Waals surface area (Å²) in [4.78, 5) is 128. The number of nitrogens with one attached hydrogen (secondary N) is 5. The van der Waals surface area contributed by atoms with Crippen molar-refractivity contribution in [3.63, 3.8) is 0 Å². The molecule has 46 nitrogen and oxygen atoms in total. The topological polar surface area (TPSA) is 759 Å². The third-order valence-electron chi connectivity index (χ3n) is 17.2. The number of hydrogen-bond donors (Lipinski definition) is 27. The number of aliphatic hydroxyl groups excluding tert-OH is 16. The fourth-order valence-electron chi connectivity index (χ4n) is 12.5. The number of amides is 5. The third-order valence-corrected chi connectivity index (χ3v) is 17.2. The van der Waals surface area contributed by atoms with Gasteiger partial charge in [-0.25, -0.2) is 24.0 Å². The van der Waals surface area contributed by atoms with E-state index in [9.17, 15) is 160 Å². The fourth-order valence-corrected chi connectivity index (χ4v) is 12.5. The van der Waals surface area contributed by atoms with Crippen molar-refractivity contribution in [2.45, 2.75) is 248 Å². The van der Waals surface area contributed by atoms with Gasteiger partial charge in [-0.1, -0.05) is 0 Å². The second-order valence-electron chi connectivity index (χ2n) is 24.8. The molecule has 0 saturated carbocycles. The number of carboxylic acids is 5. The van der Waals surface area contributed by atoms with Gasteiger partial charge in [-0.2, -0.15) is 0 Å². The van der Waals surface area contributed by atoms with Crippen LogP contribution < -0.4 is 26.6 Å². The van der Waals surface area contributed by atoms with Crippen molar-refractivity contribution in [3.8, 4) is 0 Å². The molecule has 0 bridgehead atoms. The van der Waals surface area contributed by atoms with Crippen LogP contribution in [0.4, 0.5) is 0 Å². The first kappa shape index (κ1) is 85.3. The molecule has 5 saturated heterocycles. The lowest BCUT2D eigenvalue weighted by molar-refractivity contribution is -0.364. The molecule has 0 aromatic heterocycles. The summed E-state index contributed by atoms with van der Waals surface area (Å²) in [7, 11) is 0. The van der Waals surface area contributed by atoms with E-state index in [1.807, 2.05) is 0 Å². The first-order valence-corrected chi connectivity index (χ1v) is 30.7. The number of carbonyl (C=O) groups is 10. The normalized spacial score (nSPS) is 37.5. The maximum Gasteiger partial charge on any atom is 0.364 e. The lowest BCUT2D eigenvalue weighted by atomic mass is 9.86. The Morgan fingerprint density at radius 2 is 0.535 bits per heavy atom. The highest BCUT2D eigenvalue weighted by Gasteiger charge is 2.65. The molecule has 5 aliphatic heterocycles. The van der Waals surface area contributed by atoms with Crippen molar-refractivity contribution in [2.75, 3.05) is 33.0 Å². The van der Waals surface area contributed by atoms with Crippen molar-refractivity contribution in [2.24, 2.45) is 0 Å². The third kappa shape index (κ3) is 19.0. The molecular formula is C55H87N5O41. The fraction of sp³-hybridized carbons (Fsp3) is 0.818. The number of carboxylic acid groups (broad SMARTS) is 5. The Bertz CT molecular complexity index is 2940. The van der Waals surface area contributed by atoms with E-state index in [-0.39, 0.29) is 0 Å². The van der Waals surface area contributed by atoms with Gasteiger partial charge in [0, 0.05) is 66.7 Å². The summed E-state index contributed by atoms with van der Waals surface area (Å²) < 4.78 is 50.5. The number of rotatable bonds is 33. The number of ether oxygens (including phenoxy) is 9. The zero-order chi connectivity index (χ0) is 76.7. The molecule has 27 N–H and O–H groups in total. The predicted molar refractivity (Wildman–Crippen MR) is 311 cm³/mol. The molecule has 101 heavy (non-hydrogen) atoms. The molecule has 5 aliphatic rings. The smallest absolute Gasteiger partial charge is 0.364 e. The first-order chi connectivity index (χ1) is 46.8. The van der Waals surface area contributed by atoms with E-state index in [0.717, 1.165) is 34.6 Å². The molecule has 0 spiro atoms. The highest BCUT2D eigenvalue weighted by molar-refractivity contribution is 5.80. The lowest BCUT2D eigenvalue weighted by Crippen LogP contribution is -2.72. The molecule has 30 atom stereocenters. The Morgan fingerprint density at radius 1 is 0.337 bits per heavy atom. The van der Waals surface area contributed by atoms with E-state index in [1.54, 1.807) is 0 Å². The van der Waals surface area contributed by atoms with Gasteiger partial charge < -0.3 is 182 Å². The minimum Gasteiger partial charge on any atom is -0.477 e. The van der Waals surface area contributed by atoms with Crippen molar-refractivity contribution >= 4 is 59.4 Å². The average Bonchev–Trinajstić information content (AvgIpc) is 0.761. The Kier molecular flexibility index (Phi) is 29.1. The zero-order valence-electron chi connectivity index (χ0n) is 54.1. The first-order valence-electron chi connectivity index (χ1n) is 30.7. The highest BCUT2D eigenvalue weighted by atomic mass is 16.8. The van der Waals surface area contributed by atoms with Crippen molar-refractivity contribution in [1.29, 1.82) is 0 Å². The number of aliphatic hydroxyl groups is 17. The summed E-state index contributed by atoms with van der Waals surface area (Å²) in [6.45, 7) is -3.57. The van der Waals surface area contributed by atoms with E-state index in [4.69, 9.17) is 42.6 Å². The van der Waals surface area contributed by atoms with Gasteiger partial charge in [0.25, 0.3) is 28.9 Å². The summed E-state index contributed by atoms with van der Waals surface area (Å²) in [6, 6.07) is -10.1. The predicted octanol–water partition coefficient (Wildman–Crippen LogP) is -15.2. The van der Waals surface area contributed by atoms with Gasteiger partial charge >= 0.3 is 29.8 Å². The minimum absolute atomic E-state index is 0.789. The SMILES string of the molecule is CC(=O)NC1C(O)CC(OC(CO)C(O)C2OC(OC(CO)C(O)C3OC(OC(CO)C(O)C4OC(OC(CO)C(O)C5OC(O)(C(=O)O)CC(O)C5NC(C)=O)(C(=O)O)CC(O)C4NC(C)=O)(C(=O)O)CC(O)C3NC(C)=O)(C(=O)O)CC(O)C2NC(C)=O)(C(=O)O)OC1C(O)C(O)CO. The van der Waals surface area contributed by atoms with Gasteiger partial charge in [-0.3, -0.25) is 24.0 Å². The molecule has 30 unspecified atom stereocenters. The second-order valence-corrected chi connectivity index (χ2v) is 24.8. The van der Waals surface area contributed by atoms with Crippen LogP contribution in [0.25, 0.3) is 0 Å². The molecule has 5 fully saturated rings. The number of hydrogen-bond acceptors (Lipinski definition) is 36. The largest absolute Gasteiger partial charge is 0.477 e. The van der Waals surface area contributed by atoms with Gasteiger partial charge in [-0.15, -0.1) is 0 Å². The van der Waals surface area contributed by atoms with E-state index in [0.29, 0.717) is 0 Å². The Labute approximate surface area is 568 Å². The molecule has 5 rings (SSSR count). The summed E-state index contributed by atoms with van der Waals surface area (Å²) in [5, 5.41) is 253. The van der Waals surface area contributed by atoms with Crippen molar-refractivity contribution in [3.05, 3.63) is 0 Å². The Balaban J connectivity index is 1.55. The van der Waals surface area contributed by atoms with Crippen LogP contribution >= 0.6 is 0 Å². The summed E-state index contributed by atoms with van der Waals surface area (Å²) in [6.07, 6.45) is -56.9. The van der Waals surface area contributed by atoms with Crippen LogP contribution in [-0.2, 0) is 90.6 Å². The van der Waals surface area contributed by atoms with Crippen LogP contribution in [0, 0.1) is 0 Å². The van der Waals surface area contributed by atoms with E-state index in [2.05, 4.69) is 26.6 Å². The molecule has 578 valence electrons. The van der Waals surface area contributed by atoms with Crippen LogP contribution in [0.5, 0.6) is 0 Å². The Morgan fingerprint density at radius 3 is 0.713 bits per heavy atom. The zero-order valence-corrected chi connectivity index (χ0v) is 54.1. The van der Waals surface area contributed by atoms with Crippen LogP contribution in [-0.4, -0.2) is 386 Å². The molecule has 0 aromatic rings. The quantitative estimate of drug-likeness (QED) is 0.0290. The highest BCUT2D eigenvalue weighted by Crippen LogP contribution is 2.43. The maximum atomic E-state index is 13.7. The van der Waals surface area contributed by atoms with Gasteiger partial charge in [0.15, 0.2) is 0 Å². The van der Waals surface area contributed by atoms with Crippen LogP contribution in [0.1, 0.15) is 66.7 Å². The van der Waals surface area contributed by atoms with Crippen LogP contribution in [0.15, 0.2) is 0 Å². The van der Waals surface area contributed by atoms with Crippen LogP contribution in [0.3, 0.4) is 0 Å². The molecular weight excluding hydrogens is 1390 g/mol. The van der Waals surface area contributed by atoms with Gasteiger partial charge in [0.05, 0.1) is 93.8 Å². The number of carbonyl (C=O) groups excluding carboxylic acids is 5. The molecule has 46 heteroatoms. The van der Waals surface area contributed by atoms with Gasteiger partial charge in [0.1, 0.15) is 91.6 Å². The summed E-state index contributed by atoms with van der Waals surface area (Å²) in [5.41, 5.74) is 0. The standard InChI is InChI=1S/C55H87N5O41/c1-16(66)56-31-21(71)6-51(92,46(82)83)97-42(31)37(78)27(12-62)93-53(48(86)87)8-23(73)33(58-18(3)68)44(99-53)39(80)29(14-64)95-55(50(90)91)10-25(75)35(60-20(5)70)45(101-55)40(81)30(15-65)96-54(49(88)89)9-24(74)34(59-19(4)69)43(100-54)38(79)28(13-63)94-52(47(84)85)7-22(72)32(57-17(2)67)41(98-52)36(77)26(76)11-61/h21-45,61-65,71-81,92H,6-15H2,1-5H3,(H,56,66)(H,57,67)(H,58,68)(H,59,69)(H,60,70)(H,82,83)(H,84,85)(H,86,87)(H,88,89)(H,90,91). The number of aliphatic carboxylic acids is 5. The van der Waals surface area contributed by atoms with Gasteiger partial charge in [-0.05, 0) is 0 Å². The summed E-state index contributed by atoms with van der Waals surface area (Å²) in [5.74, 6) is -34.3. The lowest BCUT2D eigenvalue weighted by Gasteiger charge is -2.51. The molecule has 0 aliphatic carbocycles.